The number of carbonyl (C=O) groups is 3. The number of anilines is 2. The van der Waals surface area contributed by atoms with Gasteiger partial charge in [0.2, 0.25) is 5.91 Å². The van der Waals surface area contributed by atoms with Crippen molar-refractivity contribution in [2.75, 3.05) is 42.9 Å². The molecule has 0 bridgehead atoms. The van der Waals surface area contributed by atoms with Gasteiger partial charge in [-0.1, -0.05) is 6.07 Å². The maximum Gasteiger partial charge on any atom is 0.321 e. The first-order valence-electron chi connectivity index (χ1n) is 8.62. The van der Waals surface area contributed by atoms with Gasteiger partial charge in [0.15, 0.2) is 0 Å². The molecule has 3 saturated heterocycles. The normalized spacial score (nSPS) is 22.9. The molecule has 8 nitrogen and oxygen atoms in total. The predicted molar refractivity (Wildman–Crippen MR) is 92.5 cm³/mol. The largest absolute Gasteiger partial charge is 0.336 e. The number of nitrogens with zero attached hydrogens (tertiary/aromatic N) is 3. The van der Waals surface area contributed by atoms with E-state index in [9.17, 15) is 14.4 Å². The molecule has 1 aromatic carbocycles. The fourth-order valence-corrected chi connectivity index (χ4v) is 3.66. The van der Waals surface area contributed by atoms with E-state index in [1.165, 1.54) is 0 Å². The van der Waals surface area contributed by atoms with E-state index in [1.54, 1.807) is 14.7 Å². The van der Waals surface area contributed by atoms with E-state index < -0.39 is 0 Å². The molecule has 1 aromatic rings. The summed E-state index contributed by atoms with van der Waals surface area (Å²) in [5, 5.41) is 5.71. The van der Waals surface area contributed by atoms with Crippen LogP contribution < -0.4 is 15.5 Å². The van der Waals surface area contributed by atoms with Crippen molar-refractivity contribution in [2.45, 2.75) is 18.9 Å². The summed E-state index contributed by atoms with van der Waals surface area (Å²) < 4.78 is 0. The van der Waals surface area contributed by atoms with E-state index in [1.807, 2.05) is 24.3 Å². The Morgan fingerprint density at radius 3 is 2.88 bits per heavy atom. The van der Waals surface area contributed by atoms with Gasteiger partial charge in [-0.25, -0.2) is 9.59 Å². The monoisotopic (exact) mass is 343 g/mol. The number of urea groups is 2. The van der Waals surface area contributed by atoms with E-state index in [2.05, 4.69) is 10.6 Å². The molecule has 5 amide bonds. The number of hydrogen-bond acceptors (Lipinski definition) is 3. The lowest BCUT2D eigenvalue weighted by molar-refractivity contribution is -0.117. The molecule has 132 valence electrons. The number of rotatable bonds is 2. The molecule has 0 aliphatic carbocycles. The molecule has 0 radical (unpaired) electrons. The molecule has 2 N–H and O–H groups in total. The topological polar surface area (TPSA) is 85.0 Å². The van der Waals surface area contributed by atoms with Crippen molar-refractivity contribution in [3.8, 4) is 0 Å². The van der Waals surface area contributed by atoms with Crippen LogP contribution in [0.4, 0.5) is 21.0 Å². The number of carbonyl (C=O) groups excluding carboxylic acids is 3. The van der Waals surface area contributed by atoms with Gasteiger partial charge in [-0.3, -0.25) is 4.79 Å². The third-order valence-electron chi connectivity index (χ3n) is 5.00. The average Bonchev–Trinajstić information content (AvgIpc) is 3.21. The summed E-state index contributed by atoms with van der Waals surface area (Å²) >= 11 is 0. The second-order valence-electron chi connectivity index (χ2n) is 6.61. The highest BCUT2D eigenvalue weighted by molar-refractivity contribution is 5.96. The van der Waals surface area contributed by atoms with Gasteiger partial charge in [0.25, 0.3) is 0 Å². The van der Waals surface area contributed by atoms with Crippen LogP contribution >= 0.6 is 0 Å². The lowest BCUT2D eigenvalue weighted by atomic mass is 10.2. The summed E-state index contributed by atoms with van der Waals surface area (Å²) in [5.74, 6) is 0.123. The molecule has 3 aliphatic heterocycles. The minimum Gasteiger partial charge on any atom is -0.336 e. The van der Waals surface area contributed by atoms with E-state index in [0.29, 0.717) is 38.3 Å². The van der Waals surface area contributed by atoms with Crippen molar-refractivity contribution in [2.24, 2.45) is 0 Å². The van der Waals surface area contributed by atoms with Crippen LogP contribution in [-0.4, -0.2) is 66.5 Å². The third kappa shape index (κ3) is 2.99. The summed E-state index contributed by atoms with van der Waals surface area (Å²) in [4.78, 5) is 41.3. The lowest BCUT2D eigenvalue weighted by Crippen LogP contribution is -2.54. The van der Waals surface area contributed by atoms with Crippen molar-refractivity contribution in [3.63, 3.8) is 0 Å². The summed E-state index contributed by atoms with van der Waals surface area (Å²) in [6, 6.07) is 7.19. The number of fused-ring (bicyclic) bond motifs is 1. The first-order valence-corrected chi connectivity index (χ1v) is 8.62. The molecule has 1 atom stereocenters. The highest BCUT2D eigenvalue weighted by Crippen LogP contribution is 2.24. The zero-order chi connectivity index (χ0) is 17.4. The minimum atomic E-state index is -0.177. The third-order valence-corrected chi connectivity index (χ3v) is 5.00. The van der Waals surface area contributed by atoms with Gasteiger partial charge in [0.05, 0.1) is 6.04 Å². The number of hydrogen-bond donors (Lipinski definition) is 2. The van der Waals surface area contributed by atoms with Gasteiger partial charge in [0, 0.05) is 50.5 Å². The van der Waals surface area contributed by atoms with Gasteiger partial charge in [-0.2, -0.15) is 0 Å². The molecule has 8 heteroatoms. The van der Waals surface area contributed by atoms with Crippen LogP contribution in [0.2, 0.25) is 0 Å². The van der Waals surface area contributed by atoms with Crippen molar-refractivity contribution in [1.82, 2.24) is 15.1 Å². The van der Waals surface area contributed by atoms with Crippen LogP contribution in [-0.2, 0) is 4.79 Å². The smallest absolute Gasteiger partial charge is 0.321 e. The van der Waals surface area contributed by atoms with E-state index in [0.717, 1.165) is 18.7 Å². The van der Waals surface area contributed by atoms with Gasteiger partial charge in [-0.15, -0.1) is 0 Å². The van der Waals surface area contributed by atoms with Gasteiger partial charge in [-0.05, 0) is 24.6 Å². The quantitative estimate of drug-likeness (QED) is 0.842. The second kappa shape index (κ2) is 6.27. The molecular weight excluding hydrogens is 322 g/mol. The van der Waals surface area contributed by atoms with Gasteiger partial charge < -0.3 is 25.3 Å². The Morgan fingerprint density at radius 2 is 2.08 bits per heavy atom. The van der Waals surface area contributed by atoms with Crippen LogP contribution in [0, 0.1) is 0 Å². The summed E-state index contributed by atoms with van der Waals surface area (Å²) in [6.07, 6.45) is 1.45. The lowest BCUT2D eigenvalue weighted by Gasteiger charge is -2.36. The molecule has 3 aliphatic rings. The molecule has 4 rings (SSSR count). The molecule has 1 unspecified atom stereocenters. The predicted octanol–water partition coefficient (Wildman–Crippen LogP) is 1.05. The van der Waals surface area contributed by atoms with E-state index in [-0.39, 0.29) is 24.0 Å². The summed E-state index contributed by atoms with van der Waals surface area (Å²) in [7, 11) is 0. The Balaban J connectivity index is 1.41. The molecular formula is C17H21N5O3. The Hall–Kier alpha value is -2.77. The highest BCUT2D eigenvalue weighted by atomic mass is 16.2. The molecule has 0 saturated carbocycles. The van der Waals surface area contributed by atoms with Crippen LogP contribution in [0.5, 0.6) is 0 Å². The molecule has 0 spiro atoms. The fraction of sp³-hybridized carbons (Fsp3) is 0.471. The molecule has 3 heterocycles. The van der Waals surface area contributed by atoms with E-state index >= 15 is 0 Å². The molecule has 25 heavy (non-hydrogen) atoms. The fourth-order valence-electron chi connectivity index (χ4n) is 3.66. The first-order chi connectivity index (χ1) is 12.1. The van der Waals surface area contributed by atoms with Crippen LogP contribution in [0.25, 0.3) is 0 Å². The second-order valence-corrected chi connectivity index (χ2v) is 6.61. The van der Waals surface area contributed by atoms with Crippen molar-refractivity contribution in [3.05, 3.63) is 24.3 Å². The van der Waals surface area contributed by atoms with Gasteiger partial charge >= 0.3 is 12.1 Å². The zero-order valence-electron chi connectivity index (χ0n) is 13.9. The Morgan fingerprint density at radius 1 is 1.20 bits per heavy atom. The Bertz CT molecular complexity index is 722. The average molecular weight is 343 g/mol. The summed E-state index contributed by atoms with van der Waals surface area (Å²) in [6.45, 7) is 2.89. The minimum absolute atomic E-state index is 0.0422. The Labute approximate surface area is 145 Å². The summed E-state index contributed by atoms with van der Waals surface area (Å²) in [5.41, 5.74) is 1.49. The van der Waals surface area contributed by atoms with Crippen LogP contribution in [0.3, 0.4) is 0 Å². The van der Waals surface area contributed by atoms with Crippen LogP contribution in [0.15, 0.2) is 24.3 Å². The van der Waals surface area contributed by atoms with Crippen molar-refractivity contribution in [1.29, 1.82) is 0 Å². The van der Waals surface area contributed by atoms with Crippen molar-refractivity contribution >= 4 is 29.3 Å². The van der Waals surface area contributed by atoms with Gasteiger partial charge in [0.1, 0.15) is 0 Å². The first kappa shape index (κ1) is 15.7. The Kier molecular flexibility index (Phi) is 3.95. The van der Waals surface area contributed by atoms with Crippen molar-refractivity contribution < 1.29 is 14.4 Å². The molecule has 0 aromatic heterocycles. The number of nitrogens with one attached hydrogen (secondary N) is 2. The standard InChI is InChI=1S/C17H21N5O3/c23-15-5-2-6-21(15)13-4-1-3-12(9-13)19-17(25)20-7-8-22-14(11-20)10-18-16(22)24/h1,3-4,9,14H,2,5-8,10-11H2,(H,18,24)(H,19,25). The maximum atomic E-state index is 12.5. The maximum absolute atomic E-state index is 12.5. The SMILES string of the molecule is O=C(Nc1cccc(N2CCCC2=O)c1)N1CCN2C(=O)NCC2C1. The number of amides is 5. The number of benzene rings is 1. The van der Waals surface area contributed by atoms with E-state index in [4.69, 9.17) is 0 Å². The van der Waals surface area contributed by atoms with Crippen LogP contribution in [0.1, 0.15) is 12.8 Å². The highest BCUT2D eigenvalue weighted by Gasteiger charge is 2.36. The zero-order valence-corrected chi connectivity index (χ0v) is 13.9. The molecule has 3 fully saturated rings. The number of piperazine rings is 1.